The van der Waals surface area contributed by atoms with Gasteiger partial charge in [0.05, 0.1) is 5.92 Å². The number of halogens is 1. The lowest BCUT2D eigenvalue weighted by molar-refractivity contribution is -0.113. The van der Waals surface area contributed by atoms with Crippen LogP contribution in [0.1, 0.15) is 68.6 Å². The summed E-state index contributed by atoms with van der Waals surface area (Å²) >= 11 is 0. The first kappa shape index (κ1) is 34.0. The molecule has 2 atom stereocenters. The number of ketones is 1. The van der Waals surface area contributed by atoms with Gasteiger partial charge in [-0.2, -0.15) is 0 Å². The van der Waals surface area contributed by atoms with Crippen LogP contribution in [-0.4, -0.2) is 35.6 Å². The molecule has 0 spiro atoms. The van der Waals surface area contributed by atoms with Gasteiger partial charge in [0.2, 0.25) is 0 Å². The summed E-state index contributed by atoms with van der Waals surface area (Å²) in [7, 11) is 0. The van der Waals surface area contributed by atoms with E-state index in [9.17, 15) is 14.0 Å². The number of nitrogens with zero attached hydrogens (tertiary/aromatic N) is 1. The van der Waals surface area contributed by atoms with Crippen molar-refractivity contribution in [1.29, 1.82) is 0 Å². The van der Waals surface area contributed by atoms with Crippen LogP contribution in [0, 0.1) is 17.7 Å². The van der Waals surface area contributed by atoms with Crippen molar-refractivity contribution in [2.75, 3.05) is 6.54 Å². The third kappa shape index (κ3) is 7.31. The zero-order valence-electron chi connectivity index (χ0n) is 28.5. The first-order chi connectivity index (χ1) is 22.5. The van der Waals surface area contributed by atoms with Gasteiger partial charge in [-0.15, -0.1) is 0 Å². The largest absolute Gasteiger partial charge is 0.368 e. The molecule has 0 fully saturated rings. The molecule has 0 saturated carbocycles. The normalized spacial score (nSPS) is 18.5. The molecule has 1 heterocycles. The highest BCUT2D eigenvalue weighted by atomic mass is 19.1. The minimum atomic E-state index is -0.612. The third-order valence-electron chi connectivity index (χ3n) is 9.82. The van der Waals surface area contributed by atoms with Gasteiger partial charge in [0.1, 0.15) is 12.1 Å². The van der Waals surface area contributed by atoms with E-state index < -0.39 is 17.3 Å². The molecule has 3 aromatic rings. The van der Waals surface area contributed by atoms with Crippen molar-refractivity contribution >= 4 is 24.2 Å². The van der Waals surface area contributed by atoms with Crippen LogP contribution in [0.5, 0.6) is 0 Å². The first-order valence-electron chi connectivity index (χ1n) is 16.8. The summed E-state index contributed by atoms with van der Waals surface area (Å²) in [6.07, 6.45) is 18.6. The van der Waals surface area contributed by atoms with Gasteiger partial charge in [0.15, 0.2) is 5.78 Å². The van der Waals surface area contributed by atoms with Gasteiger partial charge in [0, 0.05) is 47.9 Å². The maximum absolute atomic E-state index is 13.6. The van der Waals surface area contributed by atoms with E-state index in [1.165, 1.54) is 46.5 Å². The number of carbonyl (C=O) groups excluding carboxylic acids is 2. The molecular formula is C42H47FN2O2. The lowest BCUT2D eigenvalue weighted by Crippen LogP contribution is -2.49. The number of aldehydes is 1. The van der Waals surface area contributed by atoms with E-state index in [4.69, 9.17) is 0 Å². The van der Waals surface area contributed by atoms with Gasteiger partial charge in [-0.05, 0) is 115 Å². The summed E-state index contributed by atoms with van der Waals surface area (Å²) < 4.78 is 13.6. The highest BCUT2D eigenvalue weighted by Crippen LogP contribution is 2.39. The second kappa shape index (κ2) is 14.6. The molecule has 3 aromatic carbocycles. The second-order valence-corrected chi connectivity index (χ2v) is 13.8. The Balaban J connectivity index is 0.000000549. The molecule has 244 valence electrons. The van der Waals surface area contributed by atoms with Crippen LogP contribution in [0.25, 0.3) is 23.3 Å². The minimum Gasteiger partial charge on any atom is -0.368 e. The van der Waals surface area contributed by atoms with Crippen LogP contribution in [0.4, 0.5) is 4.39 Å². The summed E-state index contributed by atoms with van der Waals surface area (Å²) in [4.78, 5) is 28.6. The molecule has 3 aliphatic rings. The third-order valence-corrected chi connectivity index (χ3v) is 9.82. The van der Waals surface area contributed by atoms with E-state index >= 15 is 0 Å². The quantitative estimate of drug-likeness (QED) is 0.214. The number of benzene rings is 3. The van der Waals surface area contributed by atoms with Gasteiger partial charge in [-0.3, -0.25) is 9.69 Å². The maximum atomic E-state index is 13.6. The lowest BCUT2D eigenvalue weighted by atomic mass is 9.62. The Morgan fingerprint density at radius 2 is 1.57 bits per heavy atom. The number of allylic oxidation sites excluding steroid dienone is 4. The molecule has 0 saturated heterocycles. The van der Waals surface area contributed by atoms with E-state index in [1.807, 2.05) is 42.8 Å². The molecule has 47 heavy (non-hydrogen) atoms. The molecular weight excluding hydrogens is 583 g/mol. The van der Waals surface area contributed by atoms with E-state index in [2.05, 4.69) is 88.2 Å². The van der Waals surface area contributed by atoms with Crippen molar-refractivity contribution in [2.45, 2.75) is 71.9 Å². The molecule has 5 heteroatoms. The lowest BCUT2D eigenvalue weighted by Gasteiger charge is -2.39. The highest BCUT2D eigenvalue weighted by molar-refractivity contribution is 6.03. The molecule has 1 aliphatic heterocycles. The summed E-state index contributed by atoms with van der Waals surface area (Å²) in [6, 6.07) is 17.8. The predicted octanol–water partition coefficient (Wildman–Crippen LogP) is 7.05. The first-order valence-corrected chi connectivity index (χ1v) is 16.8. The average molecular weight is 631 g/mol. The number of carbonyl (C=O) groups is 2. The molecule has 2 aliphatic carbocycles. The van der Waals surface area contributed by atoms with Crippen molar-refractivity contribution in [1.82, 2.24) is 10.2 Å². The van der Waals surface area contributed by atoms with Crippen molar-refractivity contribution in [3.05, 3.63) is 130 Å². The Hall–Kier alpha value is -4.35. The zero-order valence-corrected chi connectivity index (χ0v) is 28.5. The molecule has 0 bridgehead atoms. The molecule has 0 aromatic heterocycles. The monoisotopic (exact) mass is 630 g/mol. The fourth-order valence-corrected chi connectivity index (χ4v) is 7.27. The summed E-state index contributed by atoms with van der Waals surface area (Å²) in [5, 5.41) is 5.10. The molecule has 2 unspecified atom stereocenters. The fourth-order valence-electron chi connectivity index (χ4n) is 7.27. The van der Waals surface area contributed by atoms with Crippen molar-refractivity contribution in [3.63, 3.8) is 0 Å². The summed E-state index contributed by atoms with van der Waals surface area (Å²) in [5.74, 6) is -1.65. The molecule has 6 rings (SSSR count). The standard InChI is InChI=1S/C36H40FNO2.C6H7N/c1-22(2)38(23(3)4)18-17-24-7-13-28-26(19-24)10-14-30-29(28)15-16-33-31(30)20-32(34(21-39)36(33,5)6)35(40)25-8-11-27(37)12-9-25;1-2-4-6-7-5-3-1/h7-9,11-16,19-23,32,34H,10,17-18H2,1-6H3;1-7H. The summed E-state index contributed by atoms with van der Waals surface area (Å²) in [5.41, 5.74) is 6.06. The van der Waals surface area contributed by atoms with Crippen LogP contribution in [0.3, 0.4) is 0 Å². The molecule has 4 nitrogen and oxygen atoms in total. The Labute approximate surface area is 279 Å². The van der Waals surface area contributed by atoms with Crippen LogP contribution in [0.15, 0.2) is 91.3 Å². The number of rotatable bonds is 8. The van der Waals surface area contributed by atoms with E-state index in [0.29, 0.717) is 17.6 Å². The SMILES string of the molecule is C1=CC=CNC=C1.CC(C)N(CCc1ccc2c(c1)CC=c1c-2ccc2c1=CC(C(=O)c1ccc(F)cc1)C(C=O)C2(C)C)C(C)C. The molecule has 0 radical (unpaired) electrons. The van der Waals surface area contributed by atoms with Crippen LogP contribution in [0.2, 0.25) is 0 Å². The maximum Gasteiger partial charge on any atom is 0.170 e. The van der Waals surface area contributed by atoms with Crippen LogP contribution < -0.4 is 15.8 Å². The number of hydrogen-bond donors (Lipinski definition) is 1. The minimum absolute atomic E-state index is 0.147. The van der Waals surface area contributed by atoms with Gasteiger partial charge >= 0.3 is 0 Å². The number of nitrogens with one attached hydrogen (secondary N) is 1. The van der Waals surface area contributed by atoms with Gasteiger partial charge in [0.25, 0.3) is 0 Å². The van der Waals surface area contributed by atoms with Gasteiger partial charge in [-0.25, -0.2) is 4.39 Å². The van der Waals surface area contributed by atoms with E-state index in [0.717, 1.165) is 41.7 Å². The van der Waals surface area contributed by atoms with Crippen molar-refractivity contribution in [2.24, 2.45) is 11.8 Å². The van der Waals surface area contributed by atoms with Gasteiger partial charge < -0.3 is 10.1 Å². The highest BCUT2D eigenvalue weighted by Gasteiger charge is 2.43. The summed E-state index contributed by atoms with van der Waals surface area (Å²) in [6.45, 7) is 14.2. The number of hydrogen-bond acceptors (Lipinski definition) is 4. The Morgan fingerprint density at radius 3 is 2.21 bits per heavy atom. The van der Waals surface area contributed by atoms with E-state index in [-0.39, 0.29) is 11.6 Å². The van der Waals surface area contributed by atoms with E-state index in [1.54, 1.807) is 0 Å². The predicted molar refractivity (Wildman–Crippen MR) is 192 cm³/mol. The second-order valence-electron chi connectivity index (χ2n) is 13.8. The van der Waals surface area contributed by atoms with Crippen molar-refractivity contribution < 1.29 is 14.0 Å². The Kier molecular flexibility index (Phi) is 10.6. The zero-order chi connectivity index (χ0) is 33.7. The Bertz CT molecular complexity index is 1810. The van der Waals surface area contributed by atoms with Gasteiger partial charge in [-0.1, -0.05) is 68.5 Å². The Morgan fingerprint density at radius 1 is 0.915 bits per heavy atom. The molecule has 1 N–H and O–H groups in total. The van der Waals surface area contributed by atoms with Crippen molar-refractivity contribution in [3.8, 4) is 11.1 Å². The fraction of sp³-hybridized carbons (Fsp3) is 0.333. The average Bonchev–Trinajstić information content (AvgIpc) is 3.37. The van der Waals surface area contributed by atoms with Crippen LogP contribution in [-0.2, 0) is 23.1 Å². The van der Waals surface area contributed by atoms with Crippen LogP contribution >= 0.6 is 0 Å². The number of Topliss-reactive ketones (excluding diaryl/α,β-unsaturated/α-hetero) is 1. The topological polar surface area (TPSA) is 49.4 Å². The molecule has 0 amide bonds. The smallest absolute Gasteiger partial charge is 0.170 e. The number of fused-ring (bicyclic) bond motifs is 5.